The molecule has 156 valence electrons. The van der Waals surface area contributed by atoms with Gasteiger partial charge in [-0.25, -0.2) is 13.6 Å². The molecule has 0 radical (unpaired) electrons. The highest BCUT2D eigenvalue weighted by atomic mass is 19.1. The van der Waals surface area contributed by atoms with Crippen molar-refractivity contribution in [2.24, 2.45) is 0 Å². The largest absolute Gasteiger partial charge is 0.477 e. The van der Waals surface area contributed by atoms with E-state index in [0.717, 1.165) is 25.1 Å². The minimum Gasteiger partial charge on any atom is -0.477 e. The molecular weight excluding hydrogens is 384 g/mol. The Morgan fingerprint density at radius 3 is 2.72 bits per heavy atom. The van der Waals surface area contributed by atoms with Crippen molar-refractivity contribution in [2.75, 3.05) is 31.1 Å². The highest BCUT2D eigenvalue weighted by Gasteiger charge is 2.39. The molecule has 0 bridgehead atoms. The van der Waals surface area contributed by atoms with Crippen molar-refractivity contribution in [1.29, 1.82) is 0 Å². The standard InChI is InChI=1S/C20H23F2N3O4/c1-2-23-9-20(29)5-6-24(10-20)17-14(21)7-12-16(15(17)22)25(11-3-4-11)8-13(18(12)26)19(27)28/h7-8,11,23,29H,2-6,9-10H2,1H3,(H,27,28). The minimum absolute atomic E-state index is 0.0558. The maximum absolute atomic E-state index is 15.6. The normalized spacial score (nSPS) is 21.9. The van der Waals surface area contributed by atoms with Crippen LogP contribution in [0.1, 0.15) is 42.6 Å². The number of nitrogens with zero attached hydrogens (tertiary/aromatic N) is 2. The summed E-state index contributed by atoms with van der Waals surface area (Å²) in [4.78, 5) is 25.4. The Labute approximate surface area is 165 Å². The summed E-state index contributed by atoms with van der Waals surface area (Å²) in [6.45, 7) is 3.20. The SMILES string of the molecule is CCNCC1(O)CCN(c2c(F)cc3c(=O)c(C(=O)O)cn(C4CC4)c3c2F)C1. The Bertz CT molecular complexity index is 1050. The van der Waals surface area contributed by atoms with Crippen molar-refractivity contribution < 1.29 is 23.8 Å². The molecule has 2 aromatic rings. The molecule has 29 heavy (non-hydrogen) atoms. The van der Waals surface area contributed by atoms with E-state index in [1.54, 1.807) is 0 Å². The smallest absolute Gasteiger partial charge is 0.341 e. The summed E-state index contributed by atoms with van der Waals surface area (Å²) < 4.78 is 31.9. The summed E-state index contributed by atoms with van der Waals surface area (Å²) in [7, 11) is 0. The lowest BCUT2D eigenvalue weighted by Crippen LogP contribution is -2.43. The van der Waals surface area contributed by atoms with Crippen LogP contribution < -0.4 is 15.6 Å². The topological polar surface area (TPSA) is 94.8 Å². The molecule has 1 aromatic carbocycles. The van der Waals surface area contributed by atoms with Gasteiger partial charge >= 0.3 is 5.97 Å². The quantitative estimate of drug-likeness (QED) is 0.677. The van der Waals surface area contributed by atoms with Gasteiger partial charge in [0.2, 0.25) is 5.43 Å². The van der Waals surface area contributed by atoms with Crippen molar-refractivity contribution in [3.05, 3.63) is 39.7 Å². The zero-order valence-electron chi connectivity index (χ0n) is 16.0. The fourth-order valence-electron chi connectivity index (χ4n) is 4.06. The molecule has 1 aliphatic heterocycles. The van der Waals surface area contributed by atoms with Crippen molar-refractivity contribution in [3.8, 4) is 0 Å². The van der Waals surface area contributed by atoms with Crippen molar-refractivity contribution >= 4 is 22.6 Å². The fourth-order valence-corrected chi connectivity index (χ4v) is 4.06. The van der Waals surface area contributed by atoms with Gasteiger partial charge in [-0.05, 0) is 31.9 Å². The van der Waals surface area contributed by atoms with Gasteiger partial charge in [0, 0.05) is 31.9 Å². The van der Waals surface area contributed by atoms with Crippen LogP contribution >= 0.6 is 0 Å². The number of fused-ring (bicyclic) bond motifs is 1. The molecule has 1 aliphatic carbocycles. The van der Waals surface area contributed by atoms with Gasteiger partial charge in [0.15, 0.2) is 5.82 Å². The van der Waals surface area contributed by atoms with Crippen LogP contribution in [0.5, 0.6) is 0 Å². The molecule has 2 fully saturated rings. The van der Waals surface area contributed by atoms with Gasteiger partial charge in [-0.1, -0.05) is 6.92 Å². The van der Waals surface area contributed by atoms with Crippen LogP contribution in [-0.4, -0.2) is 52.5 Å². The summed E-state index contributed by atoms with van der Waals surface area (Å²) in [6.07, 6.45) is 2.97. The van der Waals surface area contributed by atoms with E-state index in [1.165, 1.54) is 9.47 Å². The zero-order chi connectivity index (χ0) is 20.9. The van der Waals surface area contributed by atoms with Crippen LogP contribution in [0.3, 0.4) is 0 Å². The molecule has 1 saturated heterocycles. The van der Waals surface area contributed by atoms with Gasteiger partial charge in [-0.15, -0.1) is 0 Å². The monoisotopic (exact) mass is 407 g/mol. The summed E-state index contributed by atoms with van der Waals surface area (Å²) in [5.74, 6) is -3.26. The summed E-state index contributed by atoms with van der Waals surface area (Å²) in [5, 5.41) is 22.8. The lowest BCUT2D eigenvalue weighted by atomic mass is 10.0. The average molecular weight is 407 g/mol. The number of carbonyl (C=O) groups is 1. The van der Waals surface area contributed by atoms with E-state index in [-0.39, 0.29) is 35.7 Å². The number of halogens is 2. The summed E-state index contributed by atoms with van der Waals surface area (Å²) >= 11 is 0. The predicted molar refractivity (Wildman–Crippen MR) is 104 cm³/mol. The van der Waals surface area contributed by atoms with Crippen molar-refractivity contribution in [1.82, 2.24) is 9.88 Å². The third kappa shape index (κ3) is 3.38. The molecular formula is C20H23F2N3O4. The molecule has 1 atom stereocenters. The Morgan fingerprint density at radius 1 is 1.38 bits per heavy atom. The lowest BCUT2D eigenvalue weighted by molar-refractivity contribution is 0.0634. The number of likely N-dealkylation sites (N-methyl/N-ethyl adjacent to an activating group) is 1. The van der Waals surface area contributed by atoms with E-state index in [0.29, 0.717) is 19.5 Å². The summed E-state index contributed by atoms with van der Waals surface area (Å²) in [6, 6.07) is 0.802. The lowest BCUT2D eigenvalue weighted by Gasteiger charge is -2.26. The second kappa shape index (κ2) is 7.07. The molecule has 4 rings (SSSR count). The van der Waals surface area contributed by atoms with Gasteiger partial charge in [-0.2, -0.15) is 0 Å². The third-order valence-corrected chi connectivity index (χ3v) is 5.71. The van der Waals surface area contributed by atoms with E-state index < -0.39 is 34.2 Å². The second-order valence-electron chi connectivity index (χ2n) is 7.91. The van der Waals surface area contributed by atoms with Crippen LogP contribution in [0.15, 0.2) is 17.1 Å². The van der Waals surface area contributed by atoms with Gasteiger partial charge in [0.25, 0.3) is 0 Å². The Balaban J connectivity index is 1.85. The number of hydrogen-bond acceptors (Lipinski definition) is 5. The van der Waals surface area contributed by atoms with E-state index in [1.807, 2.05) is 6.92 Å². The number of carboxylic acid groups (broad SMARTS) is 1. The molecule has 0 spiro atoms. The molecule has 3 N–H and O–H groups in total. The number of rotatable bonds is 6. The van der Waals surface area contributed by atoms with E-state index >= 15 is 4.39 Å². The summed E-state index contributed by atoms with van der Waals surface area (Å²) in [5.41, 5.74) is -2.88. The van der Waals surface area contributed by atoms with Crippen molar-refractivity contribution in [3.63, 3.8) is 0 Å². The molecule has 1 unspecified atom stereocenters. The first-order valence-electron chi connectivity index (χ1n) is 9.74. The maximum atomic E-state index is 15.6. The van der Waals surface area contributed by atoms with Crippen LogP contribution in [0.25, 0.3) is 10.9 Å². The number of anilines is 1. The molecule has 2 aliphatic rings. The Hall–Kier alpha value is -2.52. The van der Waals surface area contributed by atoms with Crippen LogP contribution in [0, 0.1) is 11.6 Å². The highest BCUT2D eigenvalue weighted by molar-refractivity contribution is 5.94. The third-order valence-electron chi connectivity index (χ3n) is 5.71. The number of aromatic carboxylic acids is 1. The van der Waals surface area contributed by atoms with Crippen molar-refractivity contribution in [2.45, 2.75) is 37.8 Å². The van der Waals surface area contributed by atoms with E-state index in [2.05, 4.69) is 5.32 Å². The number of carboxylic acids is 1. The molecule has 1 aromatic heterocycles. The average Bonchev–Trinajstić information content (AvgIpc) is 3.44. The molecule has 2 heterocycles. The number of hydrogen-bond donors (Lipinski definition) is 3. The van der Waals surface area contributed by atoms with Gasteiger partial charge in [0.1, 0.15) is 17.1 Å². The number of pyridine rings is 1. The van der Waals surface area contributed by atoms with Gasteiger partial charge in [-0.3, -0.25) is 4.79 Å². The number of benzene rings is 1. The molecule has 0 amide bonds. The first kappa shape index (κ1) is 19.8. The molecule has 7 nitrogen and oxygen atoms in total. The van der Waals surface area contributed by atoms with Gasteiger partial charge in [0.05, 0.1) is 16.5 Å². The molecule has 1 saturated carbocycles. The number of aliphatic hydroxyl groups is 1. The second-order valence-corrected chi connectivity index (χ2v) is 7.91. The number of β-amino-alcohol motifs (C(OH)–C–C–N with tert-alkyl or cyclic N) is 1. The predicted octanol–water partition coefficient (Wildman–Crippen LogP) is 1.86. The van der Waals surface area contributed by atoms with Crippen LogP contribution in [0.2, 0.25) is 0 Å². The maximum Gasteiger partial charge on any atom is 0.341 e. The van der Waals surface area contributed by atoms with Crippen LogP contribution in [0.4, 0.5) is 14.5 Å². The minimum atomic E-state index is -1.43. The Kier molecular flexibility index (Phi) is 4.82. The molecule has 9 heteroatoms. The van der Waals surface area contributed by atoms with E-state index in [9.17, 15) is 24.2 Å². The van der Waals surface area contributed by atoms with Gasteiger partial charge < -0.3 is 25.0 Å². The Morgan fingerprint density at radius 2 is 2.10 bits per heavy atom. The highest BCUT2D eigenvalue weighted by Crippen LogP contribution is 2.40. The van der Waals surface area contributed by atoms with E-state index in [4.69, 9.17) is 0 Å². The van der Waals surface area contributed by atoms with Crippen LogP contribution in [-0.2, 0) is 0 Å². The first-order valence-corrected chi connectivity index (χ1v) is 9.74. The zero-order valence-corrected chi connectivity index (χ0v) is 16.0. The first-order chi connectivity index (χ1) is 13.8. The number of nitrogens with one attached hydrogen (secondary N) is 1. The fraction of sp³-hybridized carbons (Fsp3) is 0.500. The number of aromatic nitrogens is 1.